The van der Waals surface area contributed by atoms with Crippen molar-refractivity contribution >= 4 is 0 Å². The fraction of sp³-hybridized carbons (Fsp3) is 0.846. The number of hydrogen-bond acceptors (Lipinski definition) is 6. The molecule has 6 heteroatoms. The highest BCUT2D eigenvalue weighted by atomic mass is 16.7. The van der Waals surface area contributed by atoms with Gasteiger partial charge in [-0.25, -0.2) is 0 Å². The molecule has 5 atom stereocenters. The molecule has 0 radical (unpaired) electrons. The first-order valence-electron chi connectivity index (χ1n) is 13.0. The maximum absolute atomic E-state index is 9.91. The molecule has 32 heavy (non-hydrogen) atoms. The summed E-state index contributed by atoms with van der Waals surface area (Å²) < 4.78 is 28.9. The summed E-state index contributed by atoms with van der Waals surface area (Å²) in [6.45, 7) is 3.16. The Morgan fingerprint density at radius 2 is 1.62 bits per heavy atom. The maximum Gasteiger partial charge on any atom is 0.200 e. The molecule has 6 nitrogen and oxygen atoms in total. The molecule has 4 aliphatic rings. The molecule has 1 N–H and O–H groups in total. The van der Waals surface area contributed by atoms with Gasteiger partial charge in [0.05, 0.1) is 12.4 Å². The van der Waals surface area contributed by atoms with Gasteiger partial charge in [-0.15, -0.1) is 0 Å². The van der Waals surface area contributed by atoms with Gasteiger partial charge in [0, 0.05) is 38.6 Å². The summed E-state index contributed by atoms with van der Waals surface area (Å²) in [5.41, 5.74) is 1.27. The highest BCUT2D eigenvalue weighted by Crippen LogP contribution is 2.45. The average Bonchev–Trinajstić information content (AvgIpc) is 3.33. The Bertz CT molecular complexity index is 605. The van der Waals surface area contributed by atoms with Crippen LogP contribution < -0.4 is 0 Å². The Labute approximate surface area is 193 Å². The number of hydrogen-bond donors (Lipinski definition) is 1. The Morgan fingerprint density at radius 1 is 0.875 bits per heavy atom. The zero-order valence-corrected chi connectivity index (χ0v) is 19.6. The van der Waals surface area contributed by atoms with E-state index in [9.17, 15) is 5.11 Å². The van der Waals surface area contributed by atoms with Crippen LogP contribution in [0.1, 0.15) is 83.5 Å². The topological polar surface area (TPSA) is 66.4 Å². The van der Waals surface area contributed by atoms with E-state index in [1.165, 1.54) is 44.1 Å². The van der Waals surface area contributed by atoms with Crippen LogP contribution in [0.2, 0.25) is 0 Å². The van der Waals surface area contributed by atoms with Gasteiger partial charge in [-0.3, -0.25) is 0 Å². The molecule has 2 fully saturated rings. The SMILES string of the molecule is OC1CC2=C(C[C@@H](COC3CCCCO3)[C@@H]2C=CCCCCCCOC2CCCCO2)O1. The first-order chi connectivity index (χ1) is 15.8. The van der Waals surface area contributed by atoms with Gasteiger partial charge in [0.2, 0.25) is 6.29 Å². The van der Waals surface area contributed by atoms with Gasteiger partial charge in [0.1, 0.15) is 0 Å². The molecule has 2 saturated heterocycles. The third-order valence-electron chi connectivity index (χ3n) is 7.07. The van der Waals surface area contributed by atoms with E-state index in [1.807, 2.05) is 0 Å². The third kappa shape index (κ3) is 7.29. The second-order valence-corrected chi connectivity index (χ2v) is 9.64. The number of ether oxygens (including phenoxy) is 5. The quantitative estimate of drug-likeness (QED) is 0.325. The van der Waals surface area contributed by atoms with Crippen LogP contribution in [0, 0.1) is 11.8 Å². The zero-order valence-electron chi connectivity index (χ0n) is 19.6. The second-order valence-electron chi connectivity index (χ2n) is 9.64. The van der Waals surface area contributed by atoms with E-state index >= 15 is 0 Å². The van der Waals surface area contributed by atoms with Crippen LogP contribution in [-0.4, -0.2) is 50.4 Å². The van der Waals surface area contributed by atoms with E-state index in [4.69, 9.17) is 23.7 Å². The molecule has 4 rings (SSSR count). The standard InChI is InChI=1S/C26H42O6/c27-24-18-22-21(20(17-23(22)32-24)19-31-26-13-7-10-16-30-26)11-5-3-1-2-4-8-14-28-25-12-6-9-15-29-25/h5,11,20-21,24-27H,1-4,6-10,12-19H2/t20-,21-,24?,25?,26?/m0/s1. The minimum absolute atomic E-state index is 0.0389. The van der Waals surface area contributed by atoms with E-state index in [1.54, 1.807) is 0 Å². The summed E-state index contributed by atoms with van der Waals surface area (Å²) in [5.74, 6) is 1.69. The number of rotatable bonds is 12. The van der Waals surface area contributed by atoms with Crippen molar-refractivity contribution in [1.82, 2.24) is 0 Å². The Hall–Kier alpha value is -0.920. The molecule has 0 amide bonds. The largest absolute Gasteiger partial charge is 0.469 e. The van der Waals surface area contributed by atoms with E-state index in [-0.39, 0.29) is 12.6 Å². The van der Waals surface area contributed by atoms with Crippen LogP contribution in [0.15, 0.2) is 23.5 Å². The highest BCUT2D eigenvalue weighted by Gasteiger charge is 2.40. The van der Waals surface area contributed by atoms with Gasteiger partial charge in [-0.05, 0) is 69.3 Å². The first-order valence-corrected chi connectivity index (χ1v) is 13.0. The van der Waals surface area contributed by atoms with Crippen molar-refractivity contribution in [2.75, 3.05) is 26.4 Å². The van der Waals surface area contributed by atoms with Crippen molar-refractivity contribution in [2.24, 2.45) is 11.8 Å². The molecule has 1 aliphatic carbocycles. The van der Waals surface area contributed by atoms with E-state index in [0.717, 1.165) is 64.1 Å². The van der Waals surface area contributed by atoms with Crippen molar-refractivity contribution in [3.05, 3.63) is 23.5 Å². The number of allylic oxidation sites excluding steroid dienone is 3. The Balaban J connectivity index is 1.12. The number of unbranched alkanes of at least 4 members (excludes halogenated alkanes) is 4. The smallest absolute Gasteiger partial charge is 0.200 e. The van der Waals surface area contributed by atoms with E-state index in [2.05, 4.69) is 12.2 Å². The van der Waals surface area contributed by atoms with Gasteiger partial charge < -0.3 is 28.8 Å². The molecular weight excluding hydrogens is 408 g/mol. The normalized spacial score (nSPS) is 33.1. The third-order valence-corrected chi connectivity index (χ3v) is 7.07. The molecule has 182 valence electrons. The van der Waals surface area contributed by atoms with Crippen LogP contribution in [0.5, 0.6) is 0 Å². The molecule has 0 aromatic carbocycles. The van der Waals surface area contributed by atoms with Gasteiger partial charge >= 0.3 is 0 Å². The lowest BCUT2D eigenvalue weighted by atomic mass is 9.89. The van der Waals surface area contributed by atoms with Crippen molar-refractivity contribution in [2.45, 2.75) is 102 Å². The number of aliphatic hydroxyl groups excluding tert-OH is 1. The molecule has 3 unspecified atom stereocenters. The van der Waals surface area contributed by atoms with Crippen LogP contribution in [-0.2, 0) is 23.7 Å². The highest BCUT2D eigenvalue weighted by molar-refractivity contribution is 5.28. The van der Waals surface area contributed by atoms with E-state index < -0.39 is 6.29 Å². The molecule has 0 spiro atoms. The lowest BCUT2D eigenvalue weighted by Gasteiger charge is -2.26. The fourth-order valence-corrected chi connectivity index (χ4v) is 5.26. The molecular formula is C26H42O6. The van der Waals surface area contributed by atoms with Crippen molar-refractivity contribution in [3.8, 4) is 0 Å². The summed E-state index contributed by atoms with van der Waals surface area (Å²) in [7, 11) is 0. The molecule has 0 saturated carbocycles. The number of aliphatic hydroxyl groups is 1. The van der Waals surface area contributed by atoms with Crippen LogP contribution in [0.3, 0.4) is 0 Å². The monoisotopic (exact) mass is 450 g/mol. The van der Waals surface area contributed by atoms with Crippen molar-refractivity contribution in [1.29, 1.82) is 0 Å². The van der Waals surface area contributed by atoms with E-state index in [0.29, 0.717) is 24.9 Å². The predicted octanol–water partition coefficient (Wildman–Crippen LogP) is 5.21. The van der Waals surface area contributed by atoms with Gasteiger partial charge in [0.25, 0.3) is 0 Å². The zero-order chi connectivity index (χ0) is 22.0. The summed E-state index contributed by atoms with van der Waals surface area (Å²) in [5, 5.41) is 9.91. The first kappa shape index (κ1) is 24.2. The molecule has 3 aliphatic heterocycles. The molecule has 0 bridgehead atoms. The maximum atomic E-state index is 9.91. The minimum atomic E-state index is -0.666. The molecule has 0 aromatic heterocycles. The van der Waals surface area contributed by atoms with Gasteiger partial charge in [-0.1, -0.05) is 25.0 Å². The van der Waals surface area contributed by atoms with Gasteiger partial charge in [0.15, 0.2) is 12.6 Å². The van der Waals surface area contributed by atoms with Crippen LogP contribution in [0.25, 0.3) is 0 Å². The van der Waals surface area contributed by atoms with Crippen molar-refractivity contribution in [3.63, 3.8) is 0 Å². The summed E-state index contributed by atoms with van der Waals surface area (Å²) in [4.78, 5) is 0. The fourth-order valence-electron chi connectivity index (χ4n) is 5.26. The average molecular weight is 451 g/mol. The minimum Gasteiger partial charge on any atom is -0.469 e. The van der Waals surface area contributed by atoms with Crippen LogP contribution in [0.4, 0.5) is 0 Å². The Kier molecular flexibility index (Phi) is 9.91. The lowest BCUT2D eigenvalue weighted by molar-refractivity contribution is -0.170. The van der Waals surface area contributed by atoms with Crippen LogP contribution >= 0.6 is 0 Å². The van der Waals surface area contributed by atoms with Gasteiger partial charge in [-0.2, -0.15) is 0 Å². The summed E-state index contributed by atoms with van der Waals surface area (Å²) in [6, 6.07) is 0. The Morgan fingerprint density at radius 3 is 2.38 bits per heavy atom. The molecule has 3 heterocycles. The summed E-state index contributed by atoms with van der Waals surface area (Å²) in [6.07, 6.45) is 18.1. The molecule has 0 aromatic rings. The second kappa shape index (κ2) is 13.1. The van der Waals surface area contributed by atoms with Crippen molar-refractivity contribution < 1.29 is 28.8 Å². The predicted molar refractivity (Wildman–Crippen MR) is 122 cm³/mol. The summed E-state index contributed by atoms with van der Waals surface area (Å²) >= 11 is 0. The lowest BCUT2D eigenvalue weighted by Crippen LogP contribution is -2.27.